The molecular weight excluding hydrogens is 1300 g/mol. The van der Waals surface area contributed by atoms with Crippen molar-refractivity contribution in [1.82, 2.24) is 0 Å². The monoisotopic (exact) mass is 1380 g/mol. The lowest BCUT2D eigenvalue weighted by molar-refractivity contribution is -0.272. The van der Waals surface area contributed by atoms with Crippen LogP contribution in [0.3, 0.4) is 0 Å². The SMILES string of the molecule is C=C(C)C(=O)OC1OC[C@@H](OC(=O)C(=C)C)[C@@H](OC(=O)C(=C)C)[C@@H]1OC(=O)C(=C)C.C=CC(=O)OC1OC[C@@H](OC(=O)C=C)[C@@H](OC(=O)C=C)[C@@H]1OC(=O)C=C.C=CC(=O)OCCCCC(=O)OC1C[C@H](OC(=O)CCCCOC(=O)C=C)[C@H](OC(=O)CCCCOC(=O)C=C)CO1. The minimum atomic E-state index is -1.46. The van der Waals surface area contributed by atoms with E-state index in [9.17, 15) is 67.1 Å². The van der Waals surface area contributed by atoms with Gasteiger partial charge in [-0.15, -0.1) is 0 Å². The number of hydrogen-bond acceptors (Lipinski definition) is 31. The Morgan fingerprint density at radius 1 is 0.316 bits per heavy atom. The number of hydrogen-bond donors (Lipinski definition) is 0. The molecule has 3 rings (SSSR count). The van der Waals surface area contributed by atoms with E-state index < -0.39 is 151 Å². The number of rotatable bonds is 37. The summed E-state index contributed by atoms with van der Waals surface area (Å²) in [4.78, 5) is 165. The van der Waals surface area contributed by atoms with Crippen LogP contribution >= 0.6 is 0 Å². The Kier molecular flexibility index (Phi) is 40.8. The third-order valence-electron chi connectivity index (χ3n) is 12.5. The molecule has 3 unspecified atom stereocenters. The molecule has 3 heterocycles. The van der Waals surface area contributed by atoms with Gasteiger partial charge in [-0.3, -0.25) is 14.4 Å². The fourth-order valence-electron chi connectivity index (χ4n) is 7.55. The summed E-state index contributed by atoms with van der Waals surface area (Å²) in [5, 5.41) is 0. The fourth-order valence-corrected chi connectivity index (χ4v) is 7.55. The van der Waals surface area contributed by atoms with E-state index in [1.165, 1.54) is 27.7 Å². The van der Waals surface area contributed by atoms with E-state index in [1.807, 2.05) is 0 Å². The Labute approximate surface area is 565 Å². The van der Waals surface area contributed by atoms with Crippen LogP contribution in [0.15, 0.2) is 137 Å². The maximum atomic E-state index is 12.5. The highest BCUT2D eigenvalue weighted by atomic mass is 16.8. The Morgan fingerprint density at radius 3 is 1.04 bits per heavy atom. The molecule has 0 bridgehead atoms. The second kappa shape index (κ2) is 46.7. The van der Waals surface area contributed by atoms with Crippen LogP contribution in [0, 0.1) is 0 Å². The lowest BCUT2D eigenvalue weighted by Crippen LogP contribution is -2.58. The minimum absolute atomic E-state index is 0.0218. The third kappa shape index (κ3) is 33.8. The van der Waals surface area contributed by atoms with Crippen LogP contribution in [-0.2, 0) is 148 Å². The van der Waals surface area contributed by atoms with E-state index >= 15 is 0 Å². The van der Waals surface area contributed by atoms with Gasteiger partial charge in [0, 0.05) is 84.1 Å². The molecule has 3 saturated heterocycles. The lowest BCUT2D eigenvalue weighted by atomic mass is 10.0. The van der Waals surface area contributed by atoms with E-state index in [-0.39, 0.29) is 87.6 Å². The molecule has 3 aliphatic rings. The first-order valence-corrected chi connectivity index (χ1v) is 30.0. The van der Waals surface area contributed by atoms with Gasteiger partial charge in [0.2, 0.25) is 31.1 Å². The van der Waals surface area contributed by atoms with Crippen molar-refractivity contribution in [2.45, 2.75) is 160 Å². The van der Waals surface area contributed by atoms with Gasteiger partial charge in [0.25, 0.3) is 0 Å². The van der Waals surface area contributed by atoms with Gasteiger partial charge in [0.15, 0.2) is 30.5 Å². The quantitative estimate of drug-likeness (QED) is 0.0338. The van der Waals surface area contributed by atoms with Crippen molar-refractivity contribution in [3.63, 3.8) is 0 Å². The topological polar surface area (TPSA) is 396 Å². The van der Waals surface area contributed by atoms with Crippen LogP contribution in [0.5, 0.6) is 0 Å². The van der Waals surface area contributed by atoms with Gasteiger partial charge in [0.1, 0.15) is 6.10 Å². The van der Waals surface area contributed by atoms with E-state index in [1.54, 1.807) is 0 Å². The van der Waals surface area contributed by atoms with Gasteiger partial charge in [-0.2, -0.15) is 0 Å². The van der Waals surface area contributed by atoms with Crippen LogP contribution in [-0.4, -0.2) is 191 Å². The summed E-state index contributed by atoms with van der Waals surface area (Å²) in [5.74, 6) is -10.1. The molecule has 0 N–H and O–H groups in total. The molecule has 0 saturated carbocycles. The van der Waals surface area contributed by atoms with Crippen molar-refractivity contribution < 1.29 is 148 Å². The number of unbranched alkanes of at least 4 members (excludes halogenated alkanes) is 3. The number of carbonyl (C=O) groups is 14. The molecule has 31 heteroatoms. The second-order valence-corrected chi connectivity index (χ2v) is 20.7. The second-order valence-electron chi connectivity index (χ2n) is 20.7. The van der Waals surface area contributed by atoms with Crippen LogP contribution in [0.25, 0.3) is 0 Å². The molecule has 0 amide bonds. The van der Waals surface area contributed by atoms with Gasteiger partial charge in [-0.1, -0.05) is 72.4 Å². The maximum Gasteiger partial charge on any atom is 0.335 e. The first-order valence-electron chi connectivity index (χ1n) is 30.0. The van der Waals surface area contributed by atoms with Crippen molar-refractivity contribution in [2.75, 3.05) is 39.6 Å². The van der Waals surface area contributed by atoms with Crippen molar-refractivity contribution >= 4 is 83.6 Å². The molecule has 0 spiro atoms. The molecule has 0 aromatic carbocycles. The Bertz CT molecular complexity index is 2850. The molecule has 3 aliphatic heterocycles. The molecule has 0 aromatic rings. The lowest BCUT2D eigenvalue weighted by Gasteiger charge is -2.40. The first-order chi connectivity index (χ1) is 46.4. The number of ether oxygens (including phenoxy) is 17. The van der Waals surface area contributed by atoms with Crippen molar-refractivity contribution in [3.8, 4) is 0 Å². The van der Waals surface area contributed by atoms with E-state index in [2.05, 4.69) is 72.4 Å². The molecule has 98 heavy (non-hydrogen) atoms. The zero-order valence-electron chi connectivity index (χ0n) is 55.1. The van der Waals surface area contributed by atoms with E-state index in [0.717, 1.165) is 42.5 Å². The number of carbonyl (C=O) groups excluding carboxylic acids is 14. The molecule has 3 fully saturated rings. The summed E-state index contributed by atoms with van der Waals surface area (Å²) in [6, 6.07) is 0. The normalized spacial score (nSPS) is 21.0. The average Bonchev–Trinajstić information content (AvgIpc) is 0.807. The molecule has 11 atom stereocenters. The highest BCUT2D eigenvalue weighted by Gasteiger charge is 2.51. The van der Waals surface area contributed by atoms with Crippen molar-refractivity contribution in [2.24, 2.45) is 0 Å². The molecule has 0 radical (unpaired) electrons. The van der Waals surface area contributed by atoms with Crippen LogP contribution in [0.2, 0.25) is 0 Å². The first kappa shape index (κ1) is 85.6. The molecular formula is C67H84O31. The zero-order chi connectivity index (χ0) is 74.0. The van der Waals surface area contributed by atoms with Crippen LogP contribution < -0.4 is 0 Å². The fraction of sp³-hybridized carbons (Fsp3) is 0.463. The van der Waals surface area contributed by atoms with Gasteiger partial charge < -0.3 is 80.5 Å². The summed E-state index contributed by atoms with van der Waals surface area (Å²) in [6.45, 7) is 42.1. The summed E-state index contributed by atoms with van der Waals surface area (Å²) in [6.07, 6.45) is -4.59. The molecule has 0 aromatic heterocycles. The standard InChI is InChI=1S/C29H40O13.C21H26O9.C17H18O9/c1-4-23(30)36-16-10-7-13-26(33)40-21-19-29(42-28(35)15-9-12-18-38-25(32)6-3)39-20-22(21)41-27(34)14-8-11-17-37-24(31)5-2;1-10(2)17(22)27-14-9-26-21(30-20(25)13(7)8)16(29-19(24)12(5)6)15(14)28-18(23)11(3)4;1-5-11(18)23-10-9-22-17(26-14(21)8-4)16(25-13(20)7-3)15(10)24-12(19)6-2/h4-6,21-22,29H,1-3,7-20H2;14-16,21H,1,3,5,7,9H2,2,4,6,8H3;5-8,10,15-17H,1-4,9H2/t21-,22+,29?;14-,15-,16+,21?;10-,15-,16+,17?/m011/s1. The van der Waals surface area contributed by atoms with E-state index in [0.29, 0.717) is 38.5 Å². The zero-order valence-corrected chi connectivity index (χ0v) is 55.1. The Hall–Kier alpha value is -10.4. The maximum absolute atomic E-state index is 12.5. The van der Waals surface area contributed by atoms with E-state index in [4.69, 9.17) is 80.5 Å². The van der Waals surface area contributed by atoms with Gasteiger partial charge in [0.05, 0.1) is 46.1 Å². The summed E-state index contributed by atoms with van der Waals surface area (Å²) in [5.41, 5.74) is 0.235. The highest BCUT2D eigenvalue weighted by molar-refractivity contribution is 5.90. The summed E-state index contributed by atoms with van der Waals surface area (Å²) in [7, 11) is 0. The average molecular weight is 1390 g/mol. The molecule has 538 valence electrons. The highest BCUT2D eigenvalue weighted by Crippen LogP contribution is 2.29. The predicted octanol–water partition coefficient (Wildman–Crippen LogP) is 5.09. The summed E-state index contributed by atoms with van der Waals surface area (Å²) >= 11 is 0. The van der Waals surface area contributed by atoms with Crippen LogP contribution in [0.1, 0.15) is 91.9 Å². The van der Waals surface area contributed by atoms with Crippen molar-refractivity contribution in [3.05, 3.63) is 137 Å². The van der Waals surface area contributed by atoms with Crippen LogP contribution in [0.4, 0.5) is 0 Å². The van der Waals surface area contributed by atoms with Gasteiger partial charge in [-0.05, 0) is 66.2 Å². The largest absolute Gasteiger partial charge is 0.463 e. The summed E-state index contributed by atoms with van der Waals surface area (Å²) < 4.78 is 88.6. The molecule has 0 aliphatic carbocycles. The predicted molar refractivity (Wildman–Crippen MR) is 336 cm³/mol. The number of esters is 14. The van der Waals surface area contributed by atoms with Gasteiger partial charge >= 0.3 is 83.6 Å². The minimum Gasteiger partial charge on any atom is -0.463 e. The Balaban J connectivity index is 0.000000761. The third-order valence-corrected chi connectivity index (χ3v) is 12.5. The van der Waals surface area contributed by atoms with Gasteiger partial charge in [-0.25, -0.2) is 52.7 Å². The van der Waals surface area contributed by atoms with Crippen molar-refractivity contribution in [1.29, 1.82) is 0 Å². The smallest absolute Gasteiger partial charge is 0.335 e. The Morgan fingerprint density at radius 2 is 0.622 bits per heavy atom. The molecule has 31 nitrogen and oxygen atoms in total.